The van der Waals surface area contributed by atoms with E-state index in [1.165, 1.54) is 67.7 Å². The lowest BCUT2D eigenvalue weighted by Gasteiger charge is -2.56. The molecule has 0 aliphatic heterocycles. The van der Waals surface area contributed by atoms with E-state index in [0.717, 1.165) is 35.6 Å². The summed E-state index contributed by atoms with van der Waals surface area (Å²) in [6.45, 7) is 2.61. The molecule has 7 atom stereocenters. The quantitative estimate of drug-likeness (QED) is 0.536. The molecule has 3 fully saturated rings. The molecule has 0 radical (unpaired) electrons. The Kier molecular flexibility index (Phi) is 4.79. The van der Waals surface area contributed by atoms with E-state index in [9.17, 15) is 0 Å². The van der Waals surface area contributed by atoms with Gasteiger partial charge in [-0.3, -0.25) is 4.98 Å². The zero-order valence-corrected chi connectivity index (χ0v) is 19.6. The van der Waals surface area contributed by atoms with Crippen LogP contribution in [0.25, 0.3) is 16.3 Å². The molecule has 0 N–H and O–H groups in total. The number of rotatable bonds is 2. The molecular formula is C29H38N2. The van der Waals surface area contributed by atoms with Crippen molar-refractivity contribution in [3.8, 4) is 0 Å². The van der Waals surface area contributed by atoms with Gasteiger partial charge in [-0.15, -0.1) is 0 Å². The van der Waals surface area contributed by atoms with Crippen molar-refractivity contribution in [3.05, 3.63) is 48.3 Å². The highest BCUT2D eigenvalue weighted by Crippen LogP contribution is 2.64. The highest BCUT2D eigenvalue weighted by atomic mass is 15.1. The molecule has 7 unspecified atom stereocenters. The van der Waals surface area contributed by atoms with Crippen LogP contribution in [0.5, 0.6) is 0 Å². The van der Waals surface area contributed by atoms with Gasteiger partial charge in [0.05, 0.1) is 0 Å². The third kappa shape index (κ3) is 3.04. The van der Waals surface area contributed by atoms with E-state index in [0.29, 0.717) is 5.41 Å². The summed E-state index contributed by atoms with van der Waals surface area (Å²) in [5.74, 6) is 4.79. The summed E-state index contributed by atoms with van der Waals surface area (Å²) < 4.78 is 0. The van der Waals surface area contributed by atoms with Gasteiger partial charge in [0.15, 0.2) is 0 Å². The Bertz CT molecular complexity index is 1000. The largest absolute Gasteiger partial charge is 0.306 e. The predicted octanol–water partition coefficient (Wildman–Crippen LogP) is 6.81. The van der Waals surface area contributed by atoms with Crippen LogP contribution >= 0.6 is 0 Å². The fraction of sp³-hybridized carbons (Fsp3) is 0.621. The van der Waals surface area contributed by atoms with Crippen LogP contribution in [0.4, 0.5) is 0 Å². The van der Waals surface area contributed by atoms with Crippen LogP contribution in [0.2, 0.25) is 0 Å². The average molecular weight is 415 g/mol. The molecule has 2 heteroatoms. The number of hydrogen-bond acceptors (Lipinski definition) is 2. The van der Waals surface area contributed by atoms with Gasteiger partial charge in [-0.2, -0.15) is 0 Å². The molecule has 3 saturated carbocycles. The Labute approximate surface area is 188 Å². The first-order valence-corrected chi connectivity index (χ1v) is 12.8. The van der Waals surface area contributed by atoms with Gasteiger partial charge in [-0.05, 0) is 123 Å². The summed E-state index contributed by atoms with van der Waals surface area (Å²) in [6, 6.07) is 9.86. The third-order valence-corrected chi connectivity index (χ3v) is 10.2. The van der Waals surface area contributed by atoms with E-state index in [1.54, 1.807) is 5.57 Å². The maximum absolute atomic E-state index is 4.37. The summed E-state index contributed by atoms with van der Waals surface area (Å²) in [5.41, 5.74) is 3.47. The molecule has 2 nitrogen and oxygen atoms in total. The van der Waals surface area contributed by atoms with Gasteiger partial charge in [0.2, 0.25) is 0 Å². The van der Waals surface area contributed by atoms with Crippen molar-refractivity contribution >= 4 is 16.3 Å². The first-order chi connectivity index (χ1) is 15.1. The first-order valence-electron chi connectivity index (χ1n) is 12.8. The standard InChI is InChI=1S/C29H38N2/c1-29-15-13-24-22-10-8-21(31(2)3)17-19(22)7-9-26(24)28(29)12-11-27(29)25-6-4-5-20-18-30-16-14-23(20)25/h4-6,11,14,16,18-19,21-22,24,26,28H,7-10,12-13,15,17H2,1-3H3. The molecule has 1 aromatic carbocycles. The second kappa shape index (κ2) is 7.44. The first kappa shape index (κ1) is 20.0. The molecule has 0 spiro atoms. The van der Waals surface area contributed by atoms with Gasteiger partial charge in [-0.25, -0.2) is 0 Å². The summed E-state index contributed by atoms with van der Waals surface area (Å²) in [4.78, 5) is 6.86. The summed E-state index contributed by atoms with van der Waals surface area (Å²) >= 11 is 0. The molecule has 4 aliphatic carbocycles. The van der Waals surface area contributed by atoms with Gasteiger partial charge >= 0.3 is 0 Å². The number of fused-ring (bicyclic) bond motifs is 6. The average Bonchev–Trinajstić information content (AvgIpc) is 3.15. The van der Waals surface area contributed by atoms with Crippen molar-refractivity contribution in [3.63, 3.8) is 0 Å². The molecule has 4 aliphatic rings. The molecule has 6 rings (SSSR count). The minimum atomic E-state index is 0.354. The van der Waals surface area contributed by atoms with Gasteiger partial charge < -0.3 is 4.90 Å². The third-order valence-electron chi connectivity index (χ3n) is 10.2. The fourth-order valence-corrected chi connectivity index (χ4v) is 8.64. The SMILES string of the molecule is CN(C)C1CCC2C(CCC3C2CCC2(C)C(c4cccc5cnccc45)=CCC32)C1. The van der Waals surface area contributed by atoms with E-state index < -0.39 is 0 Å². The Morgan fingerprint density at radius 2 is 1.84 bits per heavy atom. The lowest BCUT2D eigenvalue weighted by atomic mass is 9.49. The predicted molar refractivity (Wildman–Crippen MR) is 130 cm³/mol. The van der Waals surface area contributed by atoms with Crippen molar-refractivity contribution in [1.29, 1.82) is 0 Å². The molecule has 164 valence electrons. The topological polar surface area (TPSA) is 16.1 Å². The van der Waals surface area contributed by atoms with Crippen molar-refractivity contribution in [2.24, 2.45) is 35.0 Å². The summed E-state index contributed by atoms with van der Waals surface area (Å²) in [6.07, 6.45) is 18.1. The van der Waals surface area contributed by atoms with Crippen LogP contribution in [0.1, 0.15) is 63.9 Å². The van der Waals surface area contributed by atoms with Crippen LogP contribution in [0.3, 0.4) is 0 Å². The Morgan fingerprint density at radius 3 is 2.71 bits per heavy atom. The number of pyridine rings is 1. The highest BCUT2D eigenvalue weighted by molar-refractivity contribution is 5.95. The van der Waals surface area contributed by atoms with E-state index in [2.05, 4.69) is 61.2 Å². The number of nitrogens with zero attached hydrogens (tertiary/aromatic N) is 2. The number of allylic oxidation sites excluding steroid dienone is 2. The minimum Gasteiger partial charge on any atom is -0.306 e. The van der Waals surface area contributed by atoms with Gasteiger partial charge in [0, 0.05) is 23.8 Å². The van der Waals surface area contributed by atoms with Crippen LogP contribution in [0, 0.1) is 35.0 Å². The lowest BCUT2D eigenvalue weighted by molar-refractivity contribution is -0.0481. The smallest absolute Gasteiger partial charge is 0.0346 e. The van der Waals surface area contributed by atoms with Crippen molar-refractivity contribution in [1.82, 2.24) is 9.88 Å². The number of hydrogen-bond donors (Lipinski definition) is 0. The van der Waals surface area contributed by atoms with Crippen molar-refractivity contribution < 1.29 is 0 Å². The molecular weight excluding hydrogens is 376 g/mol. The second-order valence-electron chi connectivity index (χ2n) is 11.6. The van der Waals surface area contributed by atoms with E-state index in [1.807, 2.05) is 12.4 Å². The zero-order valence-electron chi connectivity index (χ0n) is 19.6. The second-order valence-corrected chi connectivity index (χ2v) is 11.6. The maximum atomic E-state index is 4.37. The molecule has 1 heterocycles. The normalized spacial score (nSPS) is 39.7. The minimum absolute atomic E-state index is 0.354. The number of benzene rings is 1. The van der Waals surface area contributed by atoms with Crippen LogP contribution in [-0.2, 0) is 0 Å². The maximum Gasteiger partial charge on any atom is 0.0346 e. The Balaban J connectivity index is 1.28. The zero-order chi connectivity index (χ0) is 21.2. The fourth-order valence-electron chi connectivity index (χ4n) is 8.64. The van der Waals surface area contributed by atoms with E-state index in [-0.39, 0.29) is 0 Å². The lowest BCUT2D eigenvalue weighted by Crippen LogP contribution is -2.49. The molecule has 2 aromatic rings. The Hall–Kier alpha value is -1.67. The molecule has 0 bridgehead atoms. The van der Waals surface area contributed by atoms with Crippen LogP contribution in [-0.4, -0.2) is 30.0 Å². The molecule has 1 aromatic heterocycles. The van der Waals surface area contributed by atoms with E-state index in [4.69, 9.17) is 0 Å². The molecule has 0 amide bonds. The number of aromatic nitrogens is 1. The van der Waals surface area contributed by atoms with E-state index >= 15 is 0 Å². The van der Waals surface area contributed by atoms with Gasteiger partial charge in [0.1, 0.15) is 0 Å². The summed E-state index contributed by atoms with van der Waals surface area (Å²) in [7, 11) is 4.58. The molecule has 31 heavy (non-hydrogen) atoms. The van der Waals surface area contributed by atoms with Crippen molar-refractivity contribution in [2.75, 3.05) is 14.1 Å². The van der Waals surface area contributed by atoms with Crippen LogP contribution < -0.4 is 0 Å². The highest BCUT2D eigenvalue weighted by Gasteiger charge is 2.55. The molecule has 0 saturated heterocycles. The van der Waals surface area contributed by atoms with Gasteiger partial charge in [-0.1, -0.05) is 31.2 Å². The summed E-state index contributed by atoms with van der Waals surface area (Å²) in [5, 5.41) is 2.67. The monoisotopic (exact) mass is 414 g/mol. The Morgan fingerprint density at radius 1 is 0.968 bits per heavy atom. The van der Waals surface area contributed by atoms with Gasteiger partial charge in [0.25, 0.3) is 0 Å². The van der Waals surface area contributed by atoms with Crippen molar-refractivity contribution in [2.45, 2.75) is 64.3 Å². The van der Waals surface area contributed by atoms with Crippen LogP contribution in [0.15, 0.2) is 42.7 Å².